The van der Waals surface area contributed by atoms with Crippen molar-refractivity contribution in [2.45, 2.75) is 13.3 Å². The maximum atomic E-state index is 12.1. The normalized spacial score (nSPS) is 10.2. The Morgan fingerprint density at radius 1 is 1.26 bits per heavy atom. The van der Waals surface area contributed by atoms with Crippen LogP contribution in [0.15, 0.2) is 42.6 Å². The number of carbonyl (C=O) groups excluding carboxylic acids is 1. The third-order valence-corrected chi connectivity index (χ3v) is 3.22. The predicted molar refractivity (Wildman–Crippen MR) is 80.9 cm³/mol. The monoisotopic (exact) mass is 318 g/mol. The van der Waals surface area contributed by atoms with Gasteiger partial charge >= 0.3 is 0 Å². The molecular formula is C15H15BrN2O. The lowest BCUT2D eigenvalue weighted by molar-refractivity contribution is 0.102. The first kappa shape index (κ1) is 13.7. The van der Waals surface area contributed by atoms with E-state index in [4.69, 9.17) is 0 Å². The summed E-state index contributed by atoms with van der Waals surface area (Å²) in [5.74, 6) is -0.175. The number of alkyl halides is 1. The minimum absolute atomic E-state index is 0.175. The molecule has 0 aliphatic rings. The van der Waals surface area contributed by atoms with Crippen LogP contribution in [0.25, 0.3) is 0 Å². The number of carbonyl (C=O) groups is 1. The Balaban J connectivity index is 2.09. The summed E-state index contributed by atoms with van der Waals surface area (Å²) in [6.07, 6.45) is 2.61. The van der Waals surface area contributed by atoms with E-state index in [9.17, 15) is 4.79 Å². The third-order valence-electron chi connectivity index (χ3n) is 2.82. The van der Waals surface area contributed by atoms with E-state index in [1.54, 1.807) is 6.20 Å². The van der Waals surface area contributed by atoms with Gasteiger partial charge in [-0.2, -0.15) is 0 Å². The molecule has 0 unspecified atom stereocenters. The van der Waals surface area contributed by atoms with Crippen LogP contribution < -0.4 is 5.32 Å². The maximum absolute atomic E-state index is 12.1. The second-order valence-electron chi connectivity index (χ2n) is 4.26. The summed E-state index contributed by atoms with van der Waals surface area (Å²) >= 11 is 3.41. The maximum Gasteiger partial charge on any atom is 0.274 e. The van der Waals surface area contributed by atoms with Gasteiger partial charge in [0, 0.05) is 17.2 Å². The van der Waals surface area contributed by atoms with Crippen LogP contribution >= 0.6 is 15.9 Å². The minimum atomic E-state index is -0.175. The summed E-state index contributed by atoms with van der Waals surface area (Å²) in [5.41, 5.74) is 3.36. The second-order valence-corrected chi connectivity index (χ2v) is 5.05. The number of rotatable bonds is 4. The Kier molecular flexibility index (Phi) is 4.68. The number of anilines is 1. The molecule has 4 heteroatoms. The molecule has 0 bridgehead atoms. The number of pyridine rings is 1. The first-order valence-corrected chi connectivity index (χ1v) is 7.20. The van der Waals surface area contributed by atoms with Crippen LogP contribution in [0, 0.1) is 6.92 Å². The zero-order chi connectivity index (χ0) is 13.7. The topological polar surface area (TPSA) is 42.0 Å². The van der Waals surface area contributed by atoms with E-state index < -0.39 is 0 Å². The first-order chi connectivity index (χ1) is 9.20. The number of hydrogen-bond acceptors (Lipinski definition) is 2. The zero-order valence-corrected chi connectivity index (χ0v) is 12.3. The van der Waals surface area contributed by atoms with Crippen molar-refractivity contribution in [1.29, 1.82) is 0 Å². The molecule has 1 aromatic heterocycles. The molecule has 3 nitrogen and oxygen atoms in total. The minimum Gasteiger partial charge on any atom is -0.321 e. The lowest BCUT2D eigenvalue weighted by atomic mass is 10.1. The largest absolute Gasteiger partial charge is 0.321 e. The molecule has 0 saturated carbocycles. The van der Waals surface area contributed by atoms with Gasteiger partial charge in [0.05, 0.1) is 0 Å². The fraction of sp³-hybridized carbons (Fsp3) is 0.200. The lowest BCUT2D eigenvalue weighted by Crippen LogP contribution is -2.15. The highest BCUT2D eigenvalue weighted by atomic mass is 79.9. The van der Waals surface area contributed by atoms with Crippen LogP contribution in [0.4, 0.5) is 5.69 Å². The smallest absolute Gasteiger partial charge is 0.274 e. The number of nitrogens with one attached hydrogen (secondary N) is 1. The van der Waals surface area contributed by atoms with Gasteiger partial charge in [0.2, 0.25) is 0 Å². The molecule has 1 N–H and O–H groups in total. The molecule has 0 fully saturated rings. The van der Waals surface area contributed by atoms with E-state index in [1.165, 1.54) is 5.56 Å². The van der Waals surface area contributed by atoms with Gasteiger partial charge in [0.15, 0.2) is 0 Å². The summed E-state index contributed by atoms with van der Waals surface area (Å²) < 4.78 is 0. The van der Waals surface area contributed by atoms with Gasteiger partial charge in [-0.3, -0.25) is 9.78 Å². The number of aromatic nitrogens is 1. The van der Waals surface area contributed by atoms with Crippen LogP contribution in [0.3, 0.4) is 0 Å². The van der Waals surface area contributed by atoms with Crippen molar-refractivity contribution in [2.24, 2.45) is 0 Å². The quantitative estimate of drug-likeness (QED) is 0.875. The average Bonchev–Trinajstić information content (AvgIpc) is 2.42. The summed E-state index contributed by atoms with van der Waals surface area (Å²) in [4.78, 5) is 16.2. The van der Waals surface area contributed by atoms with Gasteiger partial charge in [-0.15, -0.1) is 0 Å². The molecule has 0 radical (unpaired) electrons. The molecule has 0 aliphatic carbocycles. The summed E-state index contributed by atoms with van der Waals surface area (Å²) in [6.45, 7) is 1.88. The van der Waals surface area contributed by atoms with Crippen LogP contribution in [-0.4, -0.2) is 16.2 Å². The van der Waals surface area contributed by atoms with E-state index in [1.807, 2.05) is 43.3 Å². The van der Waals surface area contributed by atoms with Crippen molar-refractivity contribution in [3.05, 3.63) is 59.4 Å². The SMILES string of the molecule is Cc1cccnc1C(=O)Nc1ccc(CCBr)cc1. The number of benzene rings is 1. The molecular weight excluding hydrogens is 304 g/mol. The van der Waals surface area contributed by atoms with Gasteiger partial charge in [-0.1, -0.05) is 34.1 Å². The van der Waals surface area contributed by atoms with E-state index >= 15 is 0 Å². The molecule has 98 valence electrons. The van der Waals surface area contributed by atoms with Gasteiger partial charge in [0.1, 0.15) is 5.69 Å². The van der Waals surface area contributed by atoms with Gasteiger partial charge < -0.3 is 5.32 Å². The molecule has 0 atom stereocenters. The van der Waals surface area contributed by atoms with Crippen LogP contribution in [0.2, 0.25) is 0 Å². The average molecular weight is 319 g/mol. The highest BCUT2D eigenvalue weighted by Gasteiger charge is 2.09. The van der Waals surface area contributed by atoms with E-state index in [2.05, 4.69) is 26.2 Å². The number of amides is 1. The summed E-state index contributed by atoms with van der Waals surface area (Å²) in [7, 11) is 0. The fourth-order valence-electron chi connectivity index (χ4n) is 1.78. The number of halogens is 1. The highest BCUT2D eigenvalue weighted by molar-refractivity contribution is 9.09. The Morgan fingerprint density at radius 3 is 2.63 bits per heavy atom. The fourth-order valence-corrected chi connectivity index (χ4v) is 2.24. The van der Waals surface area contributed by atoms with Crippen molar-refractivity contribution >= 4 is 27.5 Å². The molecule has 19 heavy (non-hydrogen) atoms. The highest BCUT2D eigenvalue weighted by Crippen LogP contribution is 2.13. The van der Waals surface area contributed by atoms with Crippen molar-refractivity contribution in [3.63, 3.8) is 0 Å². The van der Waals surface area contributed by atoms with Crippen molar-refractivity contribution < 1.29 is 4.79 Å². The van der Waals surface area contributed by atoms with Crippen LogP contribution in [0.5, 0.6) is 0 Å². The number of nitrogens with zero attached hydrogens (tertiary/aromatic N) is 1. The lowest BCUT2D eigenvalue weighted by Gasteiger charge is -2.07. The summed E-state index contributed by atoms with van der Waals surface area (Å²) in [6, 6.07) is 11.6. The third kappa shape index (κ3) is 3.64. The van der Waals surface area contributed by atoms with Crippen molar-refractivity contribution in [3.8, 4) is 0 Å². The molecule has 1 aromatic carbocycles. The van der Waals surface area contributed by atoms with Gasteiger partial charge in [-0.25, -0.2) is 0 Å². The Bertz CT molecular complexity index is 567. The van der Waals surface area contributed by atoms with Gasteiger partial charge in [0.25, 0.3) is 5.91 Å². The van der Waals surface area contributed by atoms with Crippen molar-refractivity contribution in [2.75, 3.05) is 10.6 Å². The second kappa shape index (κ2) is 6.48. The molecule has 2 aromatic rings. The zero-order valence-electron chi connectivity index (χ0n) is 10.7. The molecule has 1 amide bonds. The molecule has 0 spiro atoms. The van der Waals surface area contributed by atoms with Gasteiger partial charge in [-0.05, 0) is 42.7 Å². The Hall–Kier alpha value is -1.68. The Labute approximate surface area is 121 Å². The number of aryl methyl sites for hydroxylation is 2. The molecule has 1 heterocycles. The van der Waals surface area contributed by atoms with Crippen LogP contribution in [0.1, 0.15) is 21.6 Å². The molecule has 2 rings (SSSR count). The number of hydrogen-bond donors (Lipinski definition) is 1. The van der Waals surface area contributed by atoms with Crippen molar-refractivity contribution in [1.82, 2.24) is 4.98 Å². The molecule has 0 saturated heterocycles. The van der Waals surface area contributed by atoms with E-state index in [0.717, 1.165) is 23.0 Å². The Morgan fingerprint density at radius 2 is 2.00 bits per heavy atom. The van der Waals surface area contributed by atoms with E-state index in [-0.39, 0.29) is 5.91 Å². The standard InChI is InChI=1S/C15H15BrN2O/c1-11-3-2-10-17-14(11)15(19)18-13-6-4-12(5-7-13)8-9-16/h2-7,10H,8-9H2,1H3,(H,18,19). The van der Waals surface area contributed by atoms with Crippen LogP contribution in [-0.2, 0) is 6.42 Å². The summed E-state index contributed by atoms with van der Waals surface area (Å²) in [5, 5.41) is 3.79. The molecule has 0 aliphatic heterocycles. The predicted octanol–water partition coefficient (Wildman–Crippen LogP) is 3.58. The first-order valence-electron chi connectivity index (χ1n) is 6.08. The van der Waals surface area contributed by atoms with E-state index in [0.29, 0.717) is 5.69 Å².